The Morgan fingerprint density at radius 3 is 2.84 bits per heavy atom. The monoisotopic (exact) mass is 275 g/mol. The Labute approximate surface area is 116 Å². The number of hydrogen-bond donors (Lipinski definition) is 2. The highest BCUT2D eigenvalue weighted by Gasteiger charge is 2.11. The molecule has 0 saturated heterocycles. The first kappa shape index (κ1) is 13.7. The quantitative estimate of drug-likeness (QED) is 0.797. The minimum atomic E-state index is 0.0386. The number of nitrogens with one attached hydrogen (secondary N) is 2. The van der Waals surface area contributed by atoms with Crippen molar-refractivity contribution in [3.05, 3.63) is 35.8 Å². The van der Waals surface area contributed by atoms with Gasteiger partial charge in [0.1, 0.15) is 10.7 Å². The van der Waals surface area contributed by atoms with E-state index in [9.17, 15) is 4.79 Å². The lowest BCUT2D eigenvalue weighted by Gasteiger charge is -2.05. The number of hydrogen-bond acceptors (Lipinski definition) is 4. The normalized spacial score (nSPS) is 10.4. The molecule has 2 rings (SSSR count). The van der Waals surface area contributed by atoms with Crippen LogP contribution in [0.3, 0.4) is 0 Å². The molecular formula is C14H17N3OS. The Morgan fingerprint density at radius 2 is 2.11 bits per heavy atom. The molecule has 1 amide bonds. The van der Waals surface area contributed by atoms with E-state index in [1.165, 1.54) is 11.3 Å². The molecule has 0 saturated carbocycles. The van der Waals surface area contributed by atoms with Crippen LogP contribution in [-0.4, -0.2) is 24.5 Å². The SMILES string of the molecule is CNCCCC(=O)Nc1scnc1-c1ccccc1. The summed E-state index contributed by atoms with van der Waals surface area (Å²) in [5, 5.41) is 6.79. The Bertz CT molecular complexity index is 524. The van der Waals surface area contributed by atoms with Gasteiger partial charge in [0.25, 0.3) is 0 Å². The summed E-state index contributed by atoms with van der Waals surface area (Å²) in [6.07, 6.45) is 1.36. The molecule has 0 radical (unpaired) electrons. The van der Waals surface area contributed by atoms with Crippen molar-refractivity contribution in [3.63, 3.8) is 0 Å². The summed E-state index contributed by atoms with van der Waals surface area (Å²) < 4.78 is 0. The van der Waals surface area contributed by atoms with E-state index >= 15 is 0 Å². The molecule has 4 nitrogen and oxygen atoms in total. The number of aromatic nitrogens is 1. The minimum absolute atomic E-state index is 0.0386. The molecule has 0 aliphatic heterocycles. The van der Waals surface area contributed by atoms with Crippen molar-refractivity contribution in [2.45, 2.75) is 12.8 Å². The Hall–Kier alpha value is -1.72. The summed E-state index contributed by atoms with van der Waals surface area (Å²) in [5.74, 6) is 0.0386. The summed E-state index contributed by atoms with van der Waals surface area (Å²) >= 11 is 1.45. The molecule has 2 N–H and O–H groups in total. The molecule has 0 aliphatic carbocycles. The molecule has 0 aliphatic rings. The maximum atomic E-state index is 11.8. The first-order valence-corrected chi connectivity index (χ1v) is 7.12. The highest BCUT2D eigenvalue weighted by Crippen LogP contribution is 2.30. The van der Waals surface area contributed by atoms with Crippen molar-refractivity contribution in [1.82, 2.24) is 10.3 Å². The van der Waals surface area contributed by atoms with Crippen LogP contribution in [0.25, 0.3) is 11.3 Å². The van der Waals surface area contributed by atoms with Gasteiger partial charge in [-0.25, -0.2) is 4.98 Å². The van der Waals surface area contributed by atoms with Crippen LogP contribution in [0, 0.1) is 0 Å². The van der Waals surface area contributed by atoms with E-state index in [-0.39, 0.29) is 5.91 Å². The van der Waals surface area contributed by atoms with Gasteiger partial charge in [0, 0.05) is 12.0 Å². The van der Waals surface area contributed by atoms with Gasteiger partial charge in [0.15, 0.2) is 0 Å². The highest BCUT2D eigenvalue weighted by molar-refractivity contribution is 7.14. The molecule has 5 heteroatoms. The highest BCUT2D eigenvalue weighted by atomic mass is 32.1. The van der Waals surface area contributed by atoms with Crippen molar-refractivity contribution >= 4 is 22.2 Å². The first-order valence-electron chi connectivity index (χ1n) is 6.24. The molecule has 2 aromatic rings. The molecule has 100 valence electrons. The van der Waals surface area contributed by atoms with Crippen LogP contribution in [0.2, 0.25) is 0 Å². The fourth-order valence-corrected chi connectivity index (χ4v) is 2.47. The second-order valence-corrected chi connectivity index (χ2v) is 5.01. The number of rotatable bonds is 6. The Kier molecular flexibility index (Phi) is 5.06. The first-order chi connectivity index (χ1) is 9.31. The maximum Gasteiger partial charge on any atom is 0.225 e. The predicted molar refractivity (Wildman–Crippen MR) is 79.3 cm³/mol. The van der Waals surface area contributed by atoms with E-state index in [1.54, 1.807) is 5.51 Å². The number of anilines is 1. The Morgan fingerprint density at radius 1 is 1.32 bits per heavy atom. The molecule has 19 heavy (non-hydrogen) atoms. The van der Waals surface area contributed by atoms with Gasteiger partial charge in [0.2, 0.25) is 5.91 Å². The van der Waals surface area contributed by atoms with Crippen LogP contribution in [0.4, 0.5) is 5.00 Å². The minimum Gasteiger partial charge on any atom is -0.320 e. The molecule has 0 bridgehead atoms. The molecule has 1 aromatic heterocycles. The largest absolute Gasteiger partial charge is 0.320 e. The number of nitrogens with zero attached hydrogens (tertiary/aromatic N) is 1. The number of carbonyl (C=O) groups excluding carboxylic acids is 1. The van der Waals surface area contributed by atoms with E-state index < -0.39 is 0 Å². The zero-order chi connectivity index (χ0) is 13.5. The maximum absolute atomic E-state index is 11.8. The van der Waals surface area contributed by atoms with Crippen LogP contribution < -0.4 is 10.6 Å². The zero-order valence-corrected chi connectivity index (χ0v) is 11.7. The van der Waals surface area contributed by atoms with Crippen LogP contribution in [0.1, 0.15) is 12.8 Å². The molecule has 1 heterocycles. The smallest absolute Gasteiger partial charge is 0.225 e. The van der Waals surface area contributed by atoms with E-state index in [1.807, 2.05) is 37.4 Å². The van der Waals surface area contributed by atoms with Crippen LogP contribution in [-0.2, 0) is 4.79 Å². The van der Waals surface area contributed by atoms with E-state index in [2.05, 4.69) is 15.6 Å². The van der Waals surface area contributed by atoms with E-state index in [0.717, 1.165) is 29.2 Å². The number of carbonyl (C=O) groups is 1. The third kappa shape index (κ3) is 3.87. The summed E-state index contributed by atoms with van der Waals surface area (Å²) in [7, 11) is 1.88. The average Bonchev–Trinajstić information content (AvgIpc) is 2.88. The predicted octanol–water partition coefficient (Wildman–Crippen LogP) is 2.75. The Balaban J connectivity index is 2.02. The molecule has 0 fully saturated rings. The van der Waals surface area contributed by atoms with Gasteiger partial charge in [-0.15, -0.1) is 11.3 Å². The van der Waals surface area contributed by atoms with E-state index in [4.69, 9.17) is 0 Å². The van der Waals surface area contributed by atoms with Crippen LogP contribution >= 0.6 is 11.3 Å². The van der Waals surface area contributed by atoms with Crippen molar-refractivity contribution in [2.24, 2.45) is 0 Å². The fourth-order valence-electron chi connectivity index (χ4n) is 1.75. The van der Waals surface area contributed by atoms with Crippen molar-refractivity contribution in [3.8, 4) is 11.3 Å². The van der Waals surface area contributed by atoms with Gasteiger partial charge in [-0.1, -0.05) is 30.3 Å². The van der Waals surface area contributed by atoms with Gasteiger partial charge in [-0.2, -0.15) is 0 Å². The zero-order valence-electron chi connectivity index (χ0n) is 10.8. The molecule has 0 unspecified atom stereocenters. The molecule has 0 spiro atoms. The van der Waals surface area contributed by atoms with Crippen molar-refractivity contribution in [1.29, 1.82) is 0 Å². The fraction of sp³-hybridized carbons (Fsp3) is 0.286. The van der Waals surface area contributed by atoms with Crippen molar-refractivity contribution < 1.29 is 4.79 Å². The second kappa shape index (κ2) is 7.01. The van der Waals surface area contributed by atoms with Crippen molar-refractivity contribution in [2.75, 3.05) is 18.9 Å². The van der Waals surface area contributed by atoms with Gasteiger partial charge in [-0.3, -0.25) is 4.79 Å². The standard InChI is InChI=1S/C14H17N3OS/c1-15-9-5-8-12(18)17-14-13(16-10-19-14)11-6-3-2-4-7-11/h2-4,6-7,10,15H,5,8-9H2,1H3,(H,17,18). The molecule has 0 atom stereocenters. The summed E-state index contributed by atoms with van der Waals surface area (Å²) in [6, 6.07) is 9.88. The van der Waals surface area contributed by atoms with Gasteiger partial charge >= 0.3 is 0 Å². The number of thiazole rings is 1. The number of amides is 1. The second-order valence-electron chi connectivity index (χ2n) is 4.15. The van der Waals surface area contributed by atoms with Gasteiger partial charge in [0.05, 0.1) is 5.51 Å². The summed E-state index contributed by atoms with van der Waals surface area (Å²) in [6.45, 7) is 0.849. The average molecular weight is 275 g/mol. The topological polar surface area (TPSA) is 54.0 Å². The van der Waals surface area contributed by atoms with E-state index in [0.29, 0.717) is 6.42 Å². The van der Waals surface area contributed by atoms with Crippen LogP contribution in [0.5, 0.6) is 0 Å². The lowest BCUT2D eigenvalue weighted by Crippen LogP contribution is -2.15. The van der Waals surface area contributed by atoms with Gasteiger partial charge in [-0.05, 0) is 20.0 Å². The molecule has 1 aromatic carbocycles. The van der Waals surface area contributed by atoms with Crippen LogP contribution in [0.15, 0.2) is 35.8 Å². The lowest BCUT2D eigenvalue weighted by molar-refractivity contribution is -0.116. The summed E-state index contributed by atoms with van der Waals surface area (Å²) in [4.78, 5) is 16.1. The van der Waals surface area contributed by atoms with Gasteiger partial charge < -0.3 is 10.6 Å². The summed E-state index contributed by atoms with van der Waals surface area (Å²) in [5.41, 5.74) is 3.62. The number of benzene rings is 1. The molecular weight excluding hydrogens is 258 g/mol. The third-order valence-corrected chi connectivity index (χ3v) is 3.44. The third-order valence-electron chi connectivity index (χ3n) is 2.70. The lowest BCUT2D eigenvalue weighted by atomic mass is 10.1.